The van der Waals surface area contributed by atoms with Crippen molar-refractivity contribution in [3.63, 3.8) is 0 Å². The van der Waals surface area contributed by atoms with Crippen molar-refractivity contribution in [3.8, 4) is 0 Å². The van der Waals surface area contributed by atoms with Crippen LogP contribution >= 0.6 is 14.0 Å². The Balaban J connectivity index is 2.52. The van der Waals surface area contributed by atoms with Gasteiger partial charge < -0.3 is 0 Å². The Bertz CT molecular complexity index is 765. The second-order valence-electron chi connectivity index (χ2n) is 6.57. The minimum atomic E-state index is -3.63. The number of benzene rings is 3. The van der Waals surface area contributed by atoms with E-state index in [2.05, 4.69) is 6.92 Å². The molecule has 4 heteroatoms. The molecule has 0 saturated heterocycles. The minimum absolute atomic E-state index is 0.638. The van der Waals surface area contributed by atoms with Gasteiger partial charge in [-0.1, -0.05) is 0 Å². The van der Waals surface area contributed by atoms with Gasteiger partial charge in [0.2, 0.25) is 0 Å². The Morgan fingerprint density at radius 2 is 1.08 bits per heavy atom. The summed E-state index contributed by atoms with van der Waals surface area (Å²) in [6.45, 7) is 2.12. The average Bonchev–Trinajstić information content (AvgIpc) is 2.71. The zero-order valence-corrected chi connectivity index (χ0v) is 16.8. The van der Waals surface area contributed by atoms with Crippen LogP contribution in [0.5, 0.6) is 0 Å². The monoisotopic (exact) mass is 382 g/mol. The molecule has 0 aromatic heterocycles. The van der Waals surface area contributed by atoms with Crippen LogP contribution in [0, 0.1) is 0 Å². The van der Waals surface area contributed by atoms with Crippen LogP contribution in [0.3, 0.4) is 0 Å². The summed E-state index contributed by atoms with van der Waals surface area (Å²) in [5.41, 5.74) is 0. The third-order valence-corrected chi connectivity index (χ3v) is 16.2. The number of hydrogen-bond acceptors (Lipinski definition) is 2. The van der Waals surface area contributed by atoms with Crippen LogP contribution in [0.15, 0.2) is 91.0 Å². The third kappa shape index (κ3) is 2.74. The van der Waals surface area contributed by atoms with Crippen LogP contribution in [-0.2, 0) is 4.57 Å². The van der Waals surface area contributed by atoms with E-state index in [0.29, 0.717) is 6.16 Å². The molecule has 0 aliphatic heterocycles. The predicted octanol–water partition coefficient (Wildman–Crippen LogP) is 4.33. The fraction of sp³-hybridized carbons (Fsp3) is 0.182. The van der Waals surface area contributed by atoms with Gasteiger partial charge in [-0.2, -0.15) is 0 Å². The van der Waals surface area contributed by atoms with Crippen LogP contribution in [0.2, 0.25) is 0 Å². The Kier molecular flexibility index (Phi) is 5.68. The molecule has 0 aliphatic rings. The molecular weight excluding hydrogens is 358 g/mol. The first-order valence-electron chi connectivity index (χ1n) is 8.99. The van der Waals surface area contributed by atoms with Crippen molar-refractivity contribution >= 4 is 29.9 Å². The van der Waals surface area contributed by atoms with E-state index in [1.807, 2.05) is 91.0 Å². The predicted molar refractivity (Wildman–Crippen MR) is 113 cm³/mol. The quantitative estimate of drug-likeness (QED) is 0.571. The van der Waals surface area contributed by atoms with E-state index in [9.17, 15) is 9.46 Å². The summed E-state index contributed by atoms with van der Waals surface area (Å²) in [6, 6.07) is 29.5. The van der Waals surface area contributed by atoms with Gasteiger partial charge in [0.25, 0.3) is 0 Å². The van der Waals surface area contributed by atoms with Crippen molar-refractivity contribution in [1.29, 1.82) is 0 Å². The Labute approximate surface area is 156 Å². The molecule has 0 N–H and O–H groups in total. The first-order chi connectivity index (χ1) is 12.7. The molecule has 0 radical (unpaired) electrons. The maximum atomic E-state index is 13.3. The fourth-order valence-corrected chi connectivity index (χ4v) is 13.5. The summed E-state index contributed by atoms with van der Waals surface area (Å²) >= 11 is 0. The van der Waals surface area contributed by atoms with Crippen molar-refractivity contribution in [2.45, 2.75) is 19.8 Å². The molecule has 3 aromatic rings. The summed E-state index contributed by atoms with van der Waals surface area (Å²) < 4.78 is 13.3. The van der Waals surface area contributed by atoms with Crippen LogP contribution in [0.1, 0.15) is 19.8 Å². The van der Waals surface area contributed by atoms with Gasteiger partial charge in [-0.05, 0) is 0 Å². The van der Waals surface area contributed by atoms with Crippen LogP contribution < -0.4 is 20.8 Å². The van der Waals surface area contributed by atoms with Gasteiger partial charge in [-0.15, -0.1) is 0 Å². The summed E-state index contributed by atoms with van der Waals surface area (Å²) in [6.07, 6.45) is -1.18. The first-order valence-corrected chi connectivity index (χ1v) is 13.3. The molecule has 1 atom stereocenters. The molecule has 0 bridgehead atoms. The van der Waals surface area contributed by atoms with E-state index < -0.39 is 14.0 Å². The van der Waals surface area contributed by atoms with Gasteiger partial charge in [0.05, 0.1) is 0 Å². The molecule has 3 aromatic carbocycles. The molecule has 0 saturated carbocycles. The zero-order valence-electron chi connectivity index (χ0n) is 15.0. The summed E-state index contributed by atoms with van der Waals surface area (Å²) in [5, 5.41) is 2.79. The van der Waals surface area contributed by atoms with Crippen molar-refractivity contribution < 1.29 is 9.46 Å². The fourth-order valence-electron chi connectivity index (χ4n) is 3.91. The van der Waals surface area contributed by atoms with Gasteiger partial charge >= 0.3 is 156 Å². The second-order valence-corrected chi connectivity index (χ2v) is 15.2. The number of rotatable bonds is 7. The SMILES string of the molecule is CCCCP(c1ccccc1)(c1ccccc1)(c1ccccc1)[P+](=O)[O-]. The molecule has 134 valence electrons. The standard InChI is InChI=1S/C22H24O2P2/c1-2-3-19-26(25(23)24,20-13-7-4-8-14-20,21-15-9-5-10-16-21)22-17-11-6-12-18-22/h4-18H,2-3,19H2,1H3. The summed E-state index contributed by atoms with van der Waals surface area (Å²) in [4.78, 5) is 13.3. The van der Waals surface area contributed by atoms with E-state index in [1.54, 1.807) is 0 Å². The molecule has 1 unspecified atom stereocenters. The molecule has 2 nitrogen and oxygen atoms in total. The van der Waals surface area contributed by atoms with Crippen LogP contribution in [0.4, 0.5) is 0 Å². The van der Waals surface area contributed by atoms with Gasteiger partial charge in [0.15, 0.2) is 0 Å². The molecule has 0 heterocycles. The Morgan fingerprint density at radius 1 is 0.731 bits per heavy atom. The second kappa shape index (κ2) is 7.80. The molecule has 0 fully saturated rings. The molecule has 0 aliphatic carbocycles. The summed E-state index contributed by atoms with van der Waals surface area (Å²) in [7, 11) is -2.74. The van der Waals surface area contributed by atoms with Gasteiger partial charge in [0.1, 0.15) is 0 Å². The van der Waals surface area contributed by atoms with Gasteiger partial charge in [0, 0.05) is 0 Å². The maximum absolute atomic E-state index is 13.3. The Morgan fingerprint density at radius 3 is 1.35 bits per heavy atom. The van der Waals surface area contributed by atoms with Crippen molar-refractivity contribution in [2.75, 3.05) is 6.16 Å². The normalized spacial score (nSPS) is 13.6. The third-order valence-electron chi connectivity index (χ3n) is 5.24. The van der Waals surface area contributed by atoms with E-state index in [0.717, 1.165) is 28.8 Å². The van der Waals surface area contributed by atoms with E-state index >= 15 is 0 Å². The number of unbranched alkanes of at least 4 members (excludes halogenated alkanes) is 1. The molecule has 0 amide bonds. The summed E-state index contributed by atoms with van der Waals surface area (Å²) in [5.74, 6) is 0. The van der Waals surface area contributed by atoms with E-state index in [1.165, 1.54) is 0 Å². The van der Waals surface area contributed by atoms with Crippen LogP contribution in [-0.4, -0.2) is 6.16 Å². The van der Waals surface area contributed by atoms with Crippen molar-refractivity contribution in [3.05, 3.63) is 91.0 Å². The molecule has 0 spiro atoms. The Hall–Kier alpha value is -1.85. The van der Waals surface area contributed by atoms with Crippen molar-refractivity contribution in [1.82, 2.24) is 0 Å². The van der Waals surface area contributed by atoms with E-state index in [4.69, 9.17) is 0 Å². The molecular formula is C22H24O2P2. The molecule has 3 rings (SSSR count). The topological polar surface area (TPSA) is 40.1 Å². The van der Waals surface area contributed by atoms with Crippen LogP contribution in [0.25, 0.3) is 0 Å². The average molecular weight is 382 g/mol. The first kappa shape index (κ1) is 18.9. The number of hydrogen-bond donors (Lipinski definition) is 0. The molecule has 26 heavy (non-hydrogen) atoms. The van der Waals surface area contributed by atoms with Gasteiger partial charge in [-0.3, -0.25) is 0 Å². The zero-order chi connectivity index (χ0) is 18.5. The van der Waals surface area contributed by atoms with Crippen molar-refractivity contribution in [2.24, 2.45) is 0 Å². The van der Waals surface area contributed by atoms with Gasteiger partial charge in [-0.25, -0.2) is 0 Å². The van der Waals surface area contributed by atoms with E-state index in [-0.39, 0.29) is 0 Å².